The third kappa shape index (κ3) is 4.29. The van der Waals surface area contributed by atoms with Gasteiger partial charge < -0.3 is 10.0 Å². The number of nitrogens with zero attached hydrogens (tertiary/aromatic N) is 1. The highest BCUT2D eigenvalue weighted by atomic mass is 32.2. The lowest BCUT2D eigenvalue weighted by Crippen LogP contribution is -2.36. The molecule has 1 aromatic rings. The van der Waals surface area contributed by atoms with Crippen LogP contribution in [0.5, 0.6) is 0 Å². The Morgan fingerprint density at radius 1 is 1.50 bits per heavy atom. The molecule has 0 fully saturated rings. The molecule has 1 atom stereocenters. The van der Waals surface area contributed by atoms with Crippen molar-refractivity contribution in [3.8, 4) is 11.8 Å². The standard InChI is InChI=1S/C16H21NO2S/c1-12-10-15(8-7-14(12)6-5-9-18)16(19)17(3)13(2)11-20-4/h7-8,10,13,18H,9,11H2,1-4H3. The molecule has 0 saturated carbocycles. The Morgan fingerprint density at radius 3 is 2.75 bits per heavy atom. The van der Waals surface area contributed by atoms with Gasteiger partial charge in [-0.05, 0) is 43.9 Å². The van der Waals surface area contributed by atoms with Crippen LogP contribution < -0.4 is 0 Å². The van der Waals surface area contributed by atoms with Crippen LogP contribution >= 0.6 is 11.8 Å². The largest absolute Gasteiger partial charge is 0.384 e. The number of thioether (sulfide) groups is 1. The van der Waals surface area contributed by atoms with Crippen LogP contribution in [0.1, 0.15) is 28.4 Å². The molecular weight excluding hydrogens is 270 g/mol. The Hall–Kier alpha value is -1.44. The van der Waals surface area contributed by atoms with Gasteiger partial charge in [-0.1, -0.05) is 11.8 Å². The maximum atomic E-state index is 12.4. The van der Waals surface area contributed by atoms with Crippen molar-refractivity contribution >= 4 is 17.7 Å². The molecule has 0 aliphatic heterocycles. The summed E-state index contributed by atoms with van der Waals surface area (Å²) in [6.07, 6.45) is 2.04. The summed E-state index contributed by atoms with van der Waals surface area (Å²) in [6.45, 7) is 3.81. The van der Waals surface area contributed by atoms with Crippen LogP contribution in [0.3, 0.4) is 0 Å². The summed E-state index contributed by atoms with van der Waals surface area (Å²) < 4.78 is 0. The highest BCUT2D eigenvalue weighted by Gasteiger charge is 2.17. The van der Waals surface area contributed by atoms with Gasteiger partial charge in [0.05, 0.1) is 0 Å². The van der Waals surface area contributed by atoms with Crippen molar-refractivity contribution in [2.45, 2.75) is 19.9 Å². The van der Waals surface area contributed by atoms with Crippen LogP contribution in [0.2, 0.25) is 0 Å². The average Bonchev–Trinajstić information content (AvgIpc) is 2.44. The van der Waals surface area contributed by atoms with E-state index >= 15 is 0 Å². The molecule has 4 heteroatoms. The molecule has 0 radical (unpaired) electrons. The molecule has 1 rings (SSSR count). The van der Waals surface area contributed by atoms with Gasteiger partial charge in [0, 0.05) is 30.0 Å². The molecule has 0 saturated heterocycles. The van der Waals surface area contributed by atoms with Crippen molar-refractivity contribution in [1.29, 1.82) is 0 Å². The van der Waals surface area contributed by atoms with E-state index < -0.39 is 0 Å². The Labute approximate surface area is 125 Å². The fourth-order valence-electron chi connectivity index (χ4n) is 1.83. The summed E-state index contributed by atoms with van der Waals surface area (Å²) in [5.74, 6) is 6.43. The number of aryl methyl sites for hydroxylation is 1. The van der Waals surface area contributed by atoms with E-state index in [1.54, 1.807) is 22.7 Å². The van der Waals surface area contributed by atoms with Gasteiger partial charge in [0.25, 0.3) is 5.91 Å². The van der Waals surface area contributed by atoms with Crippen LogP contribution in [-0.4, -0.2) is 47.6 Å². The van der Waals surface area contributed by atoms with Crippen molar-refractivity contribution in [2.75, 3.05) is 25.7 Å². The SMILES string of the molecule is CSCC(C)N(C)C(=O)c1ccc(C#CCO)c(C)c1. The number of aliphatic hydroxyl groups excluding tert-OH is 1. The van der Waals surface area contributed by atoms with Gasteiger partial charge in [-0.2, -0.15) is 11.8 Å². The predicted molar refractivity (Wildman–Crippen MR) is 85.1 cm³/mol. The van der Waals surface area contributed by atoms with E-state index in [2.05, 4.69) is 11.8 Å². The lowest BCUT2D eigenvalue weighted by Gasteiger charge is -2.24. The third-order valence-corrected chi connectivity index (χ3v) is 3.98. The first kappa shape index (κ1) is 16.6. The lowest BCUT2D eigenvalue weighted by atomic mass is 10.0. The number of carbonyl (C=O) groups is 1. The summed E-state index contributed by atoms with van der Waals surface area (Å²) >= 11 is 1.73. The van der Waals surface area contributed by atoms with Gasteiger partial charge in [-0.3, -0.25) is 4.79 Å². The third-order valence-electron chi connectivity index (χ3n) is 3.16. The number of rotatable bonds is 4. The highest BCUT2D eigenvalue weighted by Crippen LogP contribution is 2.14. The molecule has 0 heterocycles. The molecule has 108 valence electrons. The molecule has 0 spiro atoms. The van der Waals surface area contributed by atoms with Gasteiger partial charge >= 0.3 is 0 Å². The molecule has 1 aromatic carbocycles. The molecule has 0 bridgehead atoms. The first-order valence-electron chi connectivity index (χ1n) is 6.47. The van der Waals surface area contributed by atoms with E-state index in [0.29, 0.717) is 5.56 Å². The quantitative estimate of drug-likeness (QED) is 0.864. The van der Waals surface area contributed by atoms with Crippen LogP contribution in [0, 0.1) is 18.8 Å². The number of hydrogen-bond acceptors (Lipinski definition) is 3. The van der Waals surface area contributed by atoms with Crippen molar-refractivity contribution in [3.63, 3.8) is 0 Å². The molecule has 0 aromatic heterocycles. The van der Waals surface area contributed by atoms with Crippen LogP contribution in [0.4, 0.5) is 0 Å². The smallest absolute Gasteiger partial charge is 0.253 e. The average molecular weight is 291 g/mol. The summed E-state index contributed by atoms with van der Waals surface area (Å²) in [5.41, 5.74) is 2.46. The topological polar surface area (TPSA) is 40.5 Å². The van der Waals surface area contributed by atoms with E-state index in [1.807, 2.05) is 39.3 Å². The first-order valence-corrected chi connectivity index (χ1v) is 7.87. The van der Waals surface area contributed by atoms with E-state index in [1.165, 1.54) is 0 Å². The van der Waals surface area contributed by atoms with Gasteiger partial charge in [-0.15, -0.1) is 0 Å². The van der Waals surface area contributed by atoms with Crippen LogP contribution in [-0.2, 0) is 0 Å². The number of aliphatic hydroxyl groups is 1. The van der Waals surface area contributed by atoms with Gasteiger partial charge in [0.2, 0.25) is 0 Å². The van der Waals surface area contributed by atoms with Crippen molar-refractivity contribution in [2.24, 2.45) is 0 Å². The van der Waals surface area contributed by atoms with E-state index in [4.69, 9.17) is 5.11 Å². The lowest BCUT2D eigenvalue weighted by molar-refractivity contribution is 0.0757. The minimum absolute atomic E-state index is 0.0244. The number of amides is 1. The maximum absolute atomic E-state index is 12.4. The second-order valence-electron chi connectivity index (χ2n) is 4.71. The van der Waals surface area contributed by atoms with Gasteiger partial charge in [0.15, 0.2) is 0 Å². The van der Waals surface area contributed by atoms with Crippen LogP contribution in [0.15, 0.2) is 18.2 Å². The summed E-state index contributed by atoms with van der Waals surface area (Å²) in [5, 5.41) is 8.71. The summed E-state index contributed by atoms with van der Waals surface area (Å²) in [4.78, 5) is 14.1. The number of benzene rings is 1. The molecule has 1 amide bonds. The Balaban J connectivity index is 2.92. The molecular formula is C16H21NO2S. The zero-order valence-corrected chi connectivity index (χ0v) is 13.3. The fraction of sp³-hybridized carbons (Fsp3) is 0.438. The Bertz CT molecular complexity index is 531. The fourth-order valence-corrected chi connectivity index (χ4v) is 2.53. The minimum Gasteiger partial charge on any atom is -0.384 e. The van der Waals surface area contributed by atoms with Crippen molar-refractivity contribution < 1.29 is 9.90 Å². The van der Waals surface area contributed by atoms with Gasteiger partial charge in [0.1, 0.15) is 6.61 Å². The minimum atomic E-state index is -0.158. The molecule has 20 heavy (non-hydrogen) atoms. The summed E-state index contributed by atoms with van der Waals surface area (Å²) in [6, 6.07) is 5.68. The highest BCUT2D eigenvalue weighted by molar-refractivity contribution is 7.98. The van der Waals surface area contributed by atoms with E-state index in [9.17, 15) is 4.79 Å². The molecule has 0 aliphatic rings. The first-order chi connectivity index (χ1) is 9.51. The second-order valence-corrected chi connectivity index (χ2v) is 5.62. The summed E-state index contributed by atoms with van der Waals surface area (Å²) in [7, 11) is 1.83. The number of hydrogen-bond donors (Lipinski definition) is 1. The van der Waals surface area contributed by atoms with Gasteiger partial charge in [-0.25, -0.2) is 0 Å². The molecule has 1 unspecified atom stereocenters. The molecule has 1 N–H and O–H groups in total. The normalized spacial score (nSPS) is 11.4. The maximum Gasteiger partial charge on any atom is 0.253 e. The predicted octanol–water partition coefficient (Wildman–Crippen LogP) is 2.16. The second kappa shape index (κ2) is 7.98. The molecule has 3 nitrogen and oxygen atoms in total. The van der Waals surface area contributed by atoms with Crippen LogP contribution in [0.25, 0.3) is 0 Å². The van der Waals surface area contributed by atoms with E-state index in [-0.39, 0.29) is 18.6 Å². The van der Waals surface area contributed by atoms with E-state index in [0.717, 1.165) is 16.9 Å². The molecule has 0 aliphatic carbocycles. The van der Waals surface area contributed by atoms with Crippen molar-refractivity contribution in [1.82, 2.24) is 4.90 Å². The Morgan fingerprint density at radius 2 is 2.20 bits per heavy atom. The zero-order chi connectivity index (χ0) is 15.1. The number of carbonyl (C=O) groups excluding carboxylic acids is 1. The van der Waals surface area contributed by atoms with Crippen molar-refractivity contribution in [3.05, 3.63) is 34.9 Å². The zero-order valence-electron chi connectivity index (χ0n) is 12.4. The Kier molecular flexibility index (Phi) is 6.63. The monoisotopic (exact) mass is 291 g/mol.